The molecule has 1 aromatic carbocycles. The molecule has 3 nitrogen and oxygen atoms in total. The van der Waals surface area contributed by atoms with Crippen LogP contribution in [0.3, 0.4) is 0 Å². The van der Waals surface area contributed by atoms with Gasteiger partial charge in [0, 0.05) is 11.1 Å². The highest BCUT2D eigenvalue weighted by Crippen LogP contribution is 2.44. The summed E-state index contributed by atoms with van der Waals surface area (Å²) in [5.74, 6) is 0.621. The SMILES string of the molecule is COc1c(Br)cc(F)c(CC2(N)CC2)c1OC. The summed E-state index contributed by atoms with van der Waals surface area (Å²) in [7, 11) is 3.03. The number of nitrogens with two attached hydrogens (primary N) is 1. The maximum Gasteiger partial charge on any atom is 0.175 e. The Balaban J connectivity index is 2.48. The number of ether oxygens (including phenoxy) is 2. The molecule has 0 radical (unpaired) electrons. The Hall–Kier alpha value is -0.810. The van der Waals surface area contributed by atoms with Crippen LogP contribution in [0.15, 0.2) is 10.5 Å². The molecule has 0 unspecified atom stereocenters. The highest BCUT2D eigenvalue weighted by atomic mass is 79.9. The van der Waals surface area contributed by atoms with Gasteiger partial charge in [-0.1, -0.05) is 0 Å². The molecule has 1 fully saturated rings. The van der Waals surface area contributed by atoms with Gasteiger partial charge in [-0.15, -0.1) is 0 Å². The summed E-state index contributed by atoms with van der Waals surface area (Å²) in [6.07, 6.45) is 2.33. The monoisotopic (exact) mass is 303 g/mol. The van der Waals surface area contributed by atoms with Crippen LogP contribution in [0.25, 0.3) is 0 Å². The highest BCUT2D eigenvalue weighted by Gasteiger charge is 2.40. The number of methoxy groups -OCH3 is 2. The number of hydrogen-bond donors (Lipinski definition) is 1. The fraction of sp³-hybridized carbons (Fsp3) is 0.500. The minimum Gasteiger partial charge on any atom is -0.492 e. The molecule has 0 heterocycles. The van der Waals surface area contributed by atoms with Crippen LogP contribution in [-0.4, -0.2) is 19.8 Å². The van der Waals surface area contributed by atoms with Crippen LogP contribution < -0.4 is 15.2 Å². The predicted octanol–water partition coefficient (Wildman–Crippen LogP) is 2.64. The van der Waals surface area contributed by atoms with Crippen molar-refractivity contribution in [2.45, 2.75) is 24.8 Å². The van der Waals surface area contributed by atoms with Crippen LogP contribution >= 0.6 is 15.9 Å². The van der Waals surface area contributed by atoms with E-state index in [1.165, 1.54) is 20.3 Å². The maximum absolute atomic E-state index is 14.0. The fourth-order valence-electron chi connectivity index (χ4n) is 1.88. The largest absolute Gasteiger partial charge is 0.492 e. The van der Waals surface area contributed by atoms with Gasteiger partial charge in [-0.25, -0.2) is 4.39 Å². The van der Waals surface area contributed by atoms with Gasteiger partial charge in [-0.2, -0.15) is 0 Å². The van der Waals surface area contributed by atoms with Crippen molar-refractivity contribution in [3.05, 3.63) is 21.9 Å². The molecule has 0 aromatic heterocycles. The molecule has 0 saturated heterocycles. The van der Waals surface area contributed by atoms with E-state index in [-0.39, 0.29) is 11.4 Å². The number of rotatable bonds is 4. The lowest BCUT2D eigenvalue weighted by molar-refractivity contribution is 0.344. The summed E-state index contributed by atoms with van der Waals surface area (Å²) in [4.78, 5) is 0. The zero-order chi connectivity index (χ0) is 12.6. The first-order valence-electron chi connectivity index (χ1n) is 5.38. The van der Waals surface area contributed by atoms with E-state index in [1.807, 2.05) is 0 Å². The zero-order valence-electron chi connectivity index (χ0n) is 9.85. The molecule has 0 atom stereocenters. The standard InChI is InChI=1S/C12H15BrFNO2/c1-16-10-7(6-12(15)3-4-12)9(14)5-8(13)11(10)17-2/h5H,3-4,6,15H2,1-2H3. The third-order valence-corrected chi connectivity index (χ3v) is 3.66. The van der Waals surface area contributed by atoms with Gasteiger partial charge in [0.1, 0.15) is 5.82 Å². The summed E-state index contributed by atoms with van der Waals surface area (Å²) in [6.45, 7) is 0. The Labute approximate surface area is 108 Å². The molecule has 2 N–H and O–H groups in total. The minimum atomic E-state index is -0.314. The second kappa shape index (κ2) is 4.46. The van der Waals surface area contributed by atoms with Gasteiger partial charge in [-0.05, 0) is 41.3 Å². The summed E-state index contributed by atoms with van der Waals surface area (Å²) in [5.41, 5.74) is 6.25. The summed E-state index contributed by atoms with van der Waals surface area (Å²) >= 11 is 3.25. The molecule has 0 aliphatic heterocycles. The molecule has 1 aromatic rings. The fourth-order valence-corrected chi connectivity index (χ4v) is 2.42. The number of halogens is 2. The number of hydrogen-bond acceptors (Lipinski definition) is 3. The van der Waals surface area contributed by atoms with E-state index in [2.05, 4.69) is 15.9 Å². The molecule has 17 heavy (non-hydrogen) atoms. The van der Waals surface area contributed by atoms with Gasteiger partial charge in [0.05, 0.1) is 18.7 Å². The Morgan fingerprint density at radius 2 is 1.94 bits per heavy atom. The molecule has 2 rings (SSSR count). The van der Waals surface area contributed by atoms with Gasteiger partial charge in [0.2, 0.25) is 0 Å². The lowest BCUT2D eigenvalue weighted by atomic mass is 10.0. The normalized spacial score (nSPS) is 16.8. The van der Waals surface area contributed by atoms with Gasteiger partial charge in [-0.3, -0.25) is 0 Å². The van der Waals surface area contributed by atoms with Gasteiger partial charge < -0.3 is 15.2 Å². The second-order valence-electron chi connectivity index (χ2n) is 4.42. The zero-order valence-corrected chi connectivity index (χ0v) is 11.4. The van der Waals surface area contributed by atoms with Crippen molar-refractivity contribution in [3.8, 4) is 11.5 Å². The van der Waals surface area contributed by atoms with Crippen LogP contribution in [0.5, 0.6) is 11.5 Å². The lowest BCUT2D eigenvalue weighted by Crippen LogP contribution is -2.25. The van der Waals surface area contributed by atoms with Crippen molar-refractivity contribution in [1.82, 2.24) is 0 Å². The second-order valence-corrected chi connectivity index (χ2v) is 5.28. The smallest absolute Gasteiger partial charge is 0.175 e. The summed E-state index contributed by atoms with van der Waals surface area (Å²) < 4.78 is 25.0. The summed E-state index contributed by atoms with van der Waals surface area (Å²) in [5, 5.41) is 0. The predicted molar refractivity (Wildman–Crippen MR) is 67.1 cm³/mol. The third-order valence-electron chi connectivity index (χ3n) is 3.07. The Bertz CT molecular complexity index is 447. The molecule has 94 valence electrons. The van der Waals surface area contributed by atoms with Gasteiger partial charge in [0.15, 0.2) is 11.5 Å². The Morgan fingerprint density at radius 1 is 1.35 bits per heavy atom. The first-order valence-corrected chi connectivity index (χ1v) is 6.18. The van der Waals surface area contributed by atoms with E-state index >= 15 is 0 Å². The molecule has 1 aliphatic rings. The topological polar surface area (TPSA) is 44.5 Å². The van der Waals surface area contributed by atoms with Crippen molar-refractivity contribution < 1.29 is 13.9 Å². The molecule has 0 amide bonds. The molecule has 0 spiro atoms. The molecule has 0 bridgehead atoms. The van der Waals surface area contributed by atoms with E-state index < -0.39 is 0 Å². The first kappa shape index (κ1) is 12.6. The van der Waals surface area contributed by atoms with Crippen LogP contribution in [0.4, 0.5) is 4.39 Å². The molecular formula is C12H15BrFNO2. The van der Waals surface area contributed by atoms with Crippen LogP contribution in [-0.2, 0) is 6.42 Å². The quantitative estimate of drug-likeness (QED) is 0.930. The van der Waals surface area contributed by atoms with E-state index in [0.717, 1.165) is 12.8 Å². The Morgan fingerprint density at radius 3 is 2.41 bits per heavy atom. The summed E-state index contributed by atoms with van der Waals surface area (Å²) in [6, 6.07) is 1.39. The molecule has 1 saturated carbocycles. The van der Waals surface area contributed by atoms with E-state index in [0.29, 0.717) is 28.0 Å². The lowest BCUT2D eigenvalue weighted by Gasteiger charge is -2.17. The van der Waals surface area contributed by atoms with Gasteiger partial charge in [0.25, 0.3) is 0 Å². The molecular weight excluding hydrogens is 289 g/mol. The van der Waals surface area contributed by atoms with E-state index in [1.54, 1.807) is 0 Å². The van der Waals surface area contributed by atoms with E-state index in [9.17, 15) is 4.39 Å². The average molecular weight is 304 g/mol. The molecule has 1 aliphatic carbocycles. The maximum atomic E-state index is 14.0. The highest BCUT2D eigenvalue weighted by molar-refractivity contribution is 9.10. The van der Waals surface area contributed by atoms with E-state index in [4.69, 9.17) is 15.2 Å². The average Bonchev–Trinajstić information content (AvgIpc) is 3.00. The first-order chi connectivity index (χ1) is 8.00. The van der Waals surface area contributed by atoms with Crippen molar-refractivity contribution in [3.63, 3.8) is 0 Å². The van der Waals surface area contributed by atoms with Crippen molar-refractivity contribution in [1.29, 1.82) is 0 Å². The molecule has 5 heteroatoms. The van der Waals surface area contributed by atoms with Crippen LogP contribution in [0, 0.1) is 5.82 Å². The van der Waals surface area contributed by atoms with Crippen molar-refractivity contribution in [2.24, 2.45) is 5.73 Å². The minimum absolute atomic E-state index is 0.271. The van der Waals surface area contributed by atoms with Crippen molar-refractivity contribution in [2.75, 3.05) is 14.2 Å². The van der Waals surface area contributed by atoms with Crippen LogP contribution in [0.2, 0.25) is 0 Å². The number of benzene rings is 1. The van der Waals surface area contributed by atoms with Crippen LogP contribution in [0.1, 0.15) is 18.4 Å². The Kier molecular flexibility index (Phi) is 3.32. The van der Waals surface area contributed by atoms with Crippen molar-refractivity contribution >= 4 is 15.9 Å². The van der Waals surface area contributed by atoms with Gasteiger partial charge >= 0.3 is 0 Å². The third kappa shape index (κ3) is 2.40.